The van der Waals surface area contributed by atoms with E-state index >= 15 is 0 Å². The maximum atomic E-state index is 12.6. The first-order valence-electron chi connectivity index (χ1n) is 4.57. The molecule has 0 amide bonds. The number of rotatable bonds is 2. The third kappa shape index (κ3) is 1.95. The lowest BCUT2D eigenvalue weighted by molar-refractivity contribution is -0.0971. The van der Waals surface area contributed by atoms with Crippen LogP contribution in [0.25, 0.3) is 10.9 Å². The van der Waals surface area contributed by atoms with E-state index in [1.807, 2.05) is 0 Å². The molecule has 0 aliphatic carbocycles. The van der Waals surface area contributed by atoms with Crippen molar-refractivity contribution in [1.82, 2.24) is 10.2 Å². The Balaban J connectivity index is 2.59. The van der Waals surface area contributed by atoms with E-state index in [0.717, 1.165) is 10.9 Å². The molecule has 86 valence electrons. The normalized spacial score (nSPS) is 12.1. The largest absolute Gasteiger partial charge is 0.487 e. The van der Waals surface area contributed by atoms with Gasteiger partial charge in [-0.1, -0.05) is 0 Å². The average Bonchev–Trinajstić information content (AvgIpc) is 2.58. The predicted molar refractivity (Wildman–Crippen MR) is 57.0 cm³/mol. The molecule has 1 N–H and O–H groups in total. The summed E-state index contributed by atoms with van der Waals surface area (Å²) in [7, 11) is 0. The number of aromatic nitrogens is 2. The minimum absolute atomic E-state index is 0.0916. The van der Waals surface area contributed by atoms with Crippen LogP contribution in [0.2, 0.25) is 0 Å². The number of halogens is 3. The molecule has 2 rings (SSSR count). The lowest BCUT2D eigenvalue weighted by atomic mass is 10.1. The van der Waals surface area contributed by atoms with Crippen molar-refractivity contribution < 1.29 is 13.5 Å². The Labute approximate surface area is 95.4 Å². The number of hydrogen-bond acceptors (Lipinski definition) is 2. The molecule has 0 bridgehead atoms. The third-order valence-electron chi connectivity index (χ3n) is 2.35. The molecule has 6 heteroatoms. The number of aromatic amines is 1. The van der Waals surface area contributed by atoms with Crippen LogP contribution in [0.15, 0.2) is 12.3 Å². The van der Waals surface area contributed by atoms with Crippen LogP contribution in [-0.4, -0.2) is 15.8 Å². The van der Waals surface area contributed by atoms with Gasteiger partial charge in [-0.25, -0.2) is 0 Å². The van der Waals surface area contributed by atoms with Crippen molar-refractivity contribution in [2.24, 2.45) is 0 Å². The van der Waals surface area contributed by atoms with Crippen LogP contribution in [0.5, 0.6) is 5.75 Å². The van der Waals surface area contributed by atoms with Crippen LogP contribution in [0.1, 0.15) is 11.1 Å². The second-order valence-corrected chi connectivity index (χ2v) is 3.97. The molecular formula is C10H9ClF2N2O. The highest BCUT2D eigenvalue weighted by atomic mass is 35.5. The fourth-order valence-electron chi connectivity index (χ4n) is 1.68. The molecule has 0 aliphatic heterocycles. The zero-order chi connectivity index (χ0) is 11.9. The quantitative estimate of drug-likeness (QED) is 0.826. The standard InChI is InChI=1S/C10H9ClF2N2O/c1-5-3-8-7(4-14-15-8)6(2)9(5)16-10(11,12)13/h3-4H,1-2H3,(H,14,15). The lowest BCUT2D eigenvalue weighted by Gasteiger charge is -2.15. The number of nitrogens with one attached hydrogen (secondary N) is 1. The zero-order valence-corrected chi connectivity index (χ0v) is 9.40. The van der Waals surface area contributed by atoms with Gasteiger partial charge in [-0.15, -0.1) is 8.78 Å². The Morgan fingerprint density at radius 2 is 2.12 bits per heavy atom. The van der Waals surface area contributed by atoms with Gasteiger partial charge in [0.05, 0.1) is 11.7 Å². The molecule has 0 fully saturated rings. The molecule has 1 aromatic heterocycles. The van der Waals surface area contributed by atoms with Gasteiger partial charge in [-0.3, -0.25) is 5.10 Å². The summed E-state index contributed by atoms with van der Waals surface area (Å²) < 4.78 is 29.7. The number of fused-ring (bicyclic) bond motifs is 1. The number of aryl methyl sites for hydroxylation is 2. The van der Waals surface area contributed by atoms with E-state index in [4.69, 9.17) is 11.6 Å². The molecule has 1 heterocycles. The fourth-order valence-corrected chi connectivity index (χ4v) is 1.76. The Morgan fingerprint density at radius 1 is 1.44 bits per heavy atom. The molecule has 2 aromatic rings. The molecule has 0 spiro atoms. The molecule has 0 aliphatic rings. The molecule has 0 unspecified atom stereocenters. The molecule has 3 nitrogen and oxygen atoms in total. The second kappa shape index (κ2) is 3.59. The molecule has 0 saturated carbocycles. The van der Waals surface area contributed by atoms with Crippen molar-refractivity contribution in [2.75, 3.05) is 0 Å². The van der Waals surface area contributed by atoms with Gasteiger partial charge in [0.15, 0.2) is 0 Å². The van der Waals surface area contributed by atoms with Crippen molar-refractivity contribution in [3.8, 4) is 5.75 Å². The minimum Gasteiger partial charge on any atom is -0.419 e. The summed E-state index contributed by atoms with van der Waals surface area (Å²) in [5.41, 5.74) is -1.76. The summed E-state index contributed by atoms with van der Waals surface area (Å²) in [4.78, 5) is 0. The minimum atomic E-state index is -3.70. The van der Waals surface area contributed by atoms with Crippen LogP contribution in [0.3, 0.4) is 0 Å². The van der Waals surface area contributed by atoms with Gasteiger partial charge in [-0.2, -0.15) is 5.10 Å². The smallest absolute Gasteiger partial charge is 0.419 e. The van der Waals surface area contributed by atoms with Crippen molar-refractivity contribution in [3.63, 3.8) is 0 Å². The number of hydrogen-bond donors (Lipinski definition) is 1. The van der Waals surface area contributed by atoms with E-state index in [1.54, 1.807) is 26.1 Å². The van der Waals surface area contributed by atoms with Crippen molar-refractivity contribution in [1.29, 1.82) is 0 Å². The topological polar surface area (TPSA) is 37.9 Å². The first-order valence-corrected chi connectivity index (χ1v) is 4.95. The molecule has 16 heavy (non-hydrogen) atoms. The summed E-state index contributed by atoms with van der Waals surface area (Å²) in [6.45, 7) is 3.36. The van der Waals surface area contributed by atoms with Crippen LogP contribution in [0.4, 0.5) is 8.78 Å². The van der Waals surface area contributed by atoms with Gasteiger partial charge >= 0.3 is 5.57 Å². The molecule has 0 radical (unpaired) electrons. The summed E-state index contributed by atoms with van der Waals surface area (Å²) in [6.07, 6.45) is 1.56. The molecule has 0 saturated heterocycles. The Kier molecular flexibility index (Phi) is 2.50. The maximum Gasteiger partial charge on any atom is 0.487 e. The maximum absolute atomic E-state index is 12.6. The summed E-state index contributed by atoms with van der Waals surface area (Å²) in [5.74, 6) is 0.0916. The van der Waals surface area contributed by atoms with E-state index in [-0.39, 0.29) is 5.75 Å². The first kappa shape index (κ1) is 11.1. The molecular weight excluding hydrogens is 238 g/mol. The van der Waals surface area contributed by atoms with Crippen molar-refractivity contribution in [2.45, 2.75) is 19.4 Å². The van der Waals surface area contributed by atoms with Gasteiger partial charge in [0.1, 0.15) is 5.75 Å². The van der Waals surface area contributed by atoms with E-state index in [9.17, 15) is 8.78 Å². The number of ether oxygens (including phenoxy) is 1. The van der Waals surface area contributed by atoms with Crippen LogP contribution in [0, 0.1) is 13.8 Å². The van der Waals surface area contributed by atoms with Crippen LogP contribution < -0.4 is 4.74 Å². The number of nitrogens with zero attached hydrogens (tertiary/aromatic N) is 1. The highest BCUT2D eigenvalue weighted by molar-refractivity contribution is 6.20. The monoisotopic (exact) mass is 246 g/mol. The van der Waals surface area contributed by atoms with E-state index in [0.29, 0.717) is 11.1 Å². The van der Waals surface area contributed by atoms with E-state index < -0.39 is 5.57 Å². The summed E-state index contributed by atoms with van der Waals surface area (Å²) >= 11 is 4.76. The number of alkyl halides is 3. The van der Waals surface area contributed by atoms with Gasteiger partial charge in [0.2, 0.25) is 0 Å². The molecule has 1 aromatic carbocycles. The van der Waals surface area contributed by atoms with Crippen molar-refractivity contribution in [3.05, 3.63) is 23.4 Å². The summed E-state index contributed by atoms with van der Waals surface area (Å²) in [6, 6.07) is 1.69. The van der Waals surface area contributed by atoms with Crippen LogP contribution in [-0.2, 0) is 0 Å². The highest BCUT2D eigenvalue weighted by Gasteiger charge is 2.29. The first-order chi connectivity index (χ1) is 7.38. The van der Waals surface area contributed by atoms with Gasteiger partial charge < -0.3 is 4.74 Å². The SMILES string of the molecule is Cc1cc2[nH]ncc2c(C)c1OC(F)(F)Cl. The van der Waals surface area contributed by atoms with Crippen LogP contribution >= 0.6 is 11.6 Å². The Bertz CT molecular complexity index is 533. The third-order valence-corrected chi connectivity index (χ3v) is 2.43. The lowest BCUT2D eigenvalue weighted by Crippen LogP contribution is -2.17. The average molecular weight is 247 g/mol. The fraction of sp³-hybridized carbons (Fsp3) is 0.300. The zero-order valence-electron chi connectivity index (χ0n) is 8.64. The number of H-pyrrole nitrogens is 1. The highest BCUT2D eigenvalue weighted by Crippen LogP contribution is 2.34. The van der Waals surface area contributed by atoms with Gasteiger partial charge in [-0.05, 0) is 25.5 Å². The molecule has 0 atom stereocenters. The van der Waals surface area contributed by atoms with E-state index in [1.165, 1.54) is 0 Å². The van der Waals surface area contributed by atoms with Gasteiger partial charge in [0, 0.05) is 22.6 Å². The Hall–Kier alpha value is -1.36. The summed E-state index contributed by atoms with van der Waals surface area (Å²) in [5, 5.41) is 7.34. The van der Waals surface area contributed by atoms with E-state index in [2.05, 4.69) is 14.9 Å². The Morgan fingerprint density at radius 3 is 2.75 bits per heavy atom. The second-order valence-electron chi connectivity index (χ2n) is 3.53. The number of benzene rings is 1. The predicted octanol–water partition coefficient (Wildman–Crippen LogP) is 3.35. The van der Waals surface area contributed by atoms with Gasteiger partial charge in [0.25, 0.3) is 0 Å². The van der Waals surface area contributed by atoms with Crippen molar-refractivity contribution >= 4 is 22.5 Å².